The van der Waals surface area contributed by atoms with E-state index >= 15 is 0 Å². The summed E-state index contributed by atoms with van der Waals surface area (Å²) >= 11 is 1.42. The molecule has 1 amide bonds. The van der Waals surface area contributed by atoms with E-state index in [4.69, 9.17) is 10.2 Å². The molecule has 2 N–H and O–H groups in total. The van der Waals surface area contributed by atoms with Crippen molar-refractivity contribution >= 4 is 29.7 Å². The number of amides is 1. The Balaban J connectivity index is 0.00000169. The molecule has 2 aromatic rings. The molecule has 3 unspecified atom stereocenters. The summed E-state index contributed by atoms with van der Waals surface area (Å²) in [6.45, 7) is 5.43. The predicted molar refractivity (Wildman–Crippen MR) is 96.6 cm³/mol. The summed E-state index contributed by atoms with van der Waals surface area (Å²) in [7, 11) is 0. The highest BCUT2D eigenvalue weighted by Gasteiger charge is 2.43. The minimum atomic E-state index is 0. The van der Waals surface area contributed by atoms with Gasteiger partial charge in [-0.05, 0) is 50.7 Å². The van der Waals surface area contributed by atoms with Gasteiger partial charge in [-0.1, -0.05) is 0 Å². The first-order chi connectivity index (χ1) is 11.0. The first-order valence-electron chi connectivity index (χ1n) is 8.12. The number of nitrogens with two attached hydrogens (primary N) is 1. The monoisotopic (exact) mass is 367 g/mol. The van der Waals surface area contributed by atoms with Crippen LogP contribution >= 0.6 is 23.7 Å². The van der Waals surface area contributed by atoms with E-state index in [1.165, 1.54) is 11.3 Å². The van der Waals surface area contributed by atoms with Gasteiger partial charge in [0.2, 0.25) is 0 Å². The molecule has 130 valence electrons. The lowest BCUT2D eigenvalue weighted by atomic mass is 9.98. The van der Waals surface area contributed by atoms with Crippen LogP contribution in [0.1, 0.15) is 34.0 Å². The number of thiazole rings is 1. The molecule has 5 nitrogen and oxygen atoms in total. The largest absolute Gasteiger partial charge is 0.459 e. The van der Waals surface area contributed by atoms with Crippen molar-refractivity contribution in [1.82, 2.24) is 9.88 Å². The topological polar surface area (TPSA) is 72.4 Å². The van der Waals surface area contributed by atoms with Gasteiger partial charge < -0.3 is 15.1 Å². The lowest BCUT2D eigenvalue weighted by Crippen LogP contribution is -2.33. The van der Waals surface area contributed by atoms with Gasteiger partial charge in [0, 0.05) is 19.1 Å². The fraction of sp³-hybridized carbons (Fsp3) is 0.529. The van der Waals surface area contributed by atoms with Crippen molar-refractivity contribution in [2.75, 3.05) is 13.1 Å². The number of carbonyl (C=O) groups is 1. The molecule has 1 saturated heterocycles. The molecule has 2 fully saturated rings. The van der Waals surface area contributed by atoms with Gasteiger partial charge in [-0.25, -0.2) is 4.98 Å². The second-order valence-corrected chi connectivity index (χ2v) is 7.72. The molecule has 7 heteroatoms. The van der Waals surface area contributed by atoms with Gasteiger partial charge in [-0.2, -0.15) is 0 Å². The maximum atomic E-state index is 12.9. The number of aryl methyl sites for hydroxylation is 2. The molecule has 0 radical (unpaired) electrons. The van der Waals surface area contributed by atoms with Crippen molar-refractivity contribution in [1.29, 1.82) is 0 Å². The number of likely N-dealkylation sites (tertiary alicyclic amines) is 1. The van der Waals surface area contributed by atoms with Gasteiger partial charge in [0.15, 0.2) is 10.8 Å². The minimum Gasteiger partial charge on any atom is -0.459 e. The van der Waals surface area contributed by atoms with E-state index in [2.05, 4.69) is 4.98 Å². The van der Waals surface area contributed by atoms with Crippen LogP contribution in [0.4, 0.5) is 0 Å². The molecule has 3 atom stereocenters. The van der Waals surface area contributed by atoms with Crippen molar-refractivity contribution in [3.63, 3.8) is 0 Å². The summed E-state index contributed by atoms with van der Waals surface area (Å²) in [6.07, 6.45) is 2.24. The molecule has 1 aliphatic carbocycles. The van der Waals surface area contributed by atoms with Gasteiger partial charge >= 0.3 is 0 Å². The summed E-state index contributed by atoms with van der Waals surface area (Å²) in [5.41, 5.74) is 6.96. The fourth-order valence-corrected chi connectivity index (χ4v) is 4.86. The molecule has 3 heterocycles. The number of furan rings is 1. The van der Waals surface area contributed by atoms with Crippen LogP contribution in [0.25, 0.3) is 10.8 Å². The molecule has 4 rings (SSSR count). The van der Waals surface area contributed by atoms with Crippen LogP contribution < -0.4 is 5.73 Å². The second kappa shape index (κ2) is 6.50. The summed E-state index contributed by atoms with van der Waals surface area (Å²) in [5, 5.41) is 0.773. The Morgan fingerprint density at radius 1 is 1.33 bits per heavy atom. The van der Waals surface area contributed by atoms with Crippen molar-refractivity contribution < 1.29 is 9.21 Å². The van der Waals surface area contributed by atoms with E-state index in [1.54, 1.807) is 0 Å². The third-order valence-corrected chi connectivity index (χ3v) is 6.30. The molecule has 0 aromatic carbocycles. The Kier molecular flexibility index (Phi) is 4.73. The highest BCUT2D eigenvalue weighted by molar-refractivity contribution is 7.17. The quantitative estimate of drug-likeness (QED) is 0.884. The SMILES string of the molecule is Cc1ccc(-c2nc(C)c(C(=O)N3CC4CCC(N)C4C3)s2)o1.Cl. The molecule has 0 bridgehead atoms. The number of carbonyl (C=O) groups excluding carboxylic acids is 1. The van der Waals surface area contributed by atoms with E-state index in [1.807, 2.05) is 30.9 Å². The minimum absolute atomic E-state index is 0. The summed E-state index contributed by atoms with van der Waals surface area (Å²) in [6, 6.07) is 4.07. The average molecular weight is 368 g/mol. The Labute approximate surface area is 151 Å². The lowest BCUT2D eigenvalue weighted by Gasteiger charge is -2.18. The van der Waals surface area contributed by atoms with Gasteiger partial charge in [0.05, 0.1) is 5.69 Å². The summed E-state index contributed by atoms with van der Waals surface area (Å²) < 4.78 is 5.62. The normalized spacial score (nSPS) is 25.6. The smallest absolute Gasteiger partial charge is 0.265 e. The molecule has 24 heavy (non-hydrogen) atoms. The number of nitrogens with zero attached hydrogens (tertiary/aromatic N) is 2. The summed E-state index contributed by atoms with van der Waals surface area (Å²) in [4.78, 5) is 20.1. The van der Waals surface area contributed by atoms with E-state index in [0.717, 1.165) is 53.0 Å². The van der Waals surface area contributed by atoms with Gasteiger partial charge in [0.25, 0.3) is 5.91 Å². The number of aromatic nitrogens is 1. The van der Waals surface area contributed by atoms with Crippen LogP contribution in [0.5, 0.6) is 0 Å². The van der Waals surface area contributed by atoms with Crippen LogP contribution in [-0.4, -0.2) is 34.9 Å². The van der Waals surface area contributed by atoms with Gasteiger partial charge in [0.1, 0.15) is 10.6 Å². The zero-order valence-corrected chi connectivity index (χ0v) is 15.5. The van der Waals surface area contributed by atoms with Gasteiger partial charge in [-0.3, -0.25) is 4.79 Å². The van der Waals surface area contributed by atoms with E-state index < -0.39 is 0 Å². The third kappa shape index (κ3) is 2.87. The standard InChI is InChI=1S/C17H21N3O2S.ClH/c1-9-3-6-14(22-9)16-19-10(2)15(23-16)17(21)20-7-11-4-5-13(18)12(11)8-20;/h3,6,11-13H,4-5,7-8,18H2,1-2H3;1H. The first kappa shape index (κ1) is 17.5. The van der Waals surface area contributed by atoms with Crippen LogP contribution in [0.3, 0.4) is 0 Å². The molecular formula is C17H22ClN3O2S. The van der Waals surface area contributed by atoms with Crippen molar-refractivity contribution in [2.24, 2.45) is 17.6 Å². The predicted octanol–water partition coefficient (Wildman–Crippen LogP) is 3.25. The Hall–Kier alpha value is -1.37. The number of fused-ring (bicyclic) bond motifs is 1. The zero-order valence-electron chi connectivity index (χ0n) is 13.8. The molecular weight excluding hydrogens is 346 g/mol. The fourth-order valence-electron chi connectivity index (χ4n) is 3.87. The number of halogens is 1. The summed E-state index contributed by atoms with van der Waals surface area (Å²) in [5.74, 6) is 2.72. The molecule has 0 spiro atoms. The molecule has 2 aromatic heterocycles. The van der Waals surface area contributed by atoms with Crippen LogP contribution in [0.2, 0.25) is 0 Å². The van der Waals surface area contributed by atoms with Crippen molar-refractivity contribution in [3.05, 3.63) is 28.5 Å². The first-order valence-corrected chi connectivity index (χ1v) is 8.93. The van der Waals surface area contributed by atoms with Crippen LogP contribution in [0, 0.1) is 25.7 Å². The second-order valence-electron chi connectivity index (χ2n) is 6.72. The highest BCUT2D eigenvalue weighted by atomic mass is 35.5. The lowest BCUT2D eigenvalue weighted by molar-refractivity contribution is 0.0783. The number of hydrogen-bond acceptors (Lipinski definition) is 5. The van der Waals surface area contributed by atoms with E-state index in [0.29, 0.717) is 11.8 Å². The highest BCUT2D eigenvalue weighted by Crippen LogP contribution is 2.38. The van der Waals surface area contributed by atoms with E-state index in [-0.39, 0.29) is 24.4 Å². The van der Waals surface area contributed by atoms with Crippen molar-refractivity contribution in [3.8, 4) is 10.8 Å². The zero-order chi connectivity index (χ0) is 16.1. The number of rotatable bonds is 2. The van der Waals surface area contributed by atoms with Gasteiger partial charge in [-0.15, -0.1) is 23.7 Å². The Morgan fingerprint density at radius 3 is 2.79 bits per heavy atom. The van der Waals surface area contributed by atoms with Crippen molar-refractivity contribution in [2.45, 2.75) is 32.7 Å². The molecule has 1 saturated carbocycles. The molecule has 2 aliphatic rings. The maximum absolute atomic E-state index is 12.9. The number of hydrogen-bond donors (Lipinski definition) is 1. The average Bonchev–Trinajstić information content (AvgIpc) is 3.25. The Bertz CT molecular complexity index is 757. The van der Waals surface area contributed by atoms with Crippen LogP contribution in [0.15, 0.2) is 16.5 Å². The van der Waals surface area contributed by atoms with Crippen LogP contribution in [-0.2, 0) is 0 Å². The Morgan fingerprint density at radius 2 is 2.12 bits per heavy atom. The maximum Gasteiger partial charge on any atom is 0.265 e. The van der Waals surface area contributed by atoms with E-state index in [9.17, 15) is 4.79 Å². The molecule has 1 aliphatic heterocycles. The third-order valence-electron chi connectivity index (χ3n) is 5.14.